The average Bonchev–Trinajstić information content (AvgIpc) is 3.09. The summed E-state index contributed by atoms with van der Waals surface area (Å²) in [6, 6.07) is 6.51. The summed E-state index contributed by atoms with van der Waals surface area (Å²) >= 11 is 1.15. The Morgan fingerprint density at radius 3 is 2.33 bits per heavy atom. The summed E-state index contributed by atoms with van der Waals surface area (Å²) in [6.45, 7) is 7.40. The molecule has 7 nitrogen and oxygen atoms in total. The van der Waals surface area contributed by atoms with Crippen LogP contribution in [0.5, 0.6) is 5.75 Å². The smallest absolute Gasteiger partial charge is 0.262 e. The molecular formula is C18H20N4O3S2. The minimum Gasteiger partial charge on any atom is -0.507 e. The van der Waals surface area contributed by atoms with E-state index >= 15 is 0 Å². The molecule has 1 aromatic heterocycles. The quantitative estimate of drug-likeness (QED) is 0.560. The number of aryl methyl sites for hydroxylation is 2. The van der Waals surface area contributed by atoms with E-state index in [4.69, 9.17) is 0 Å². The van der Waals surface area contributed by atoms with Gasteiger partial charge in [0.1, 0.15) is 12.1 Å². The van der Waals surface area contributed by atoms with Crippen molar-refractivity contribution in [3.63, 3.8) is 0 Å². The highest BCUT2D eigenvalue weighted by atomic mass is 32.2. The highest BCUT2D eigenvalue weighted by Gasteiger charge is 2.22. The van der Waals surface area contributed by atoms with E-state index in [1.54, 1.807) is 19.9 Å². The summed E-state index contributed by atoms with van der Waals surface area (Å²) in [5.41, 5.74) is 3.64. The van der Waals surface area contributed by atoms with Gasteiger partial charge >= 0.3 is 0 Å². The third-order valence-corrected chi connectivity index (χ3v) is 6.97. The van der Waals surface area contributed by atoms with Crippen LogP contribution in [0.3, 0.4) is 0 Å². The molecule has 27 heavy (non-hydrogen) atoms. The SMILES string of the molecule is Cc1cc(C)c(C)c(S(=O)(=O)Nc2ccc(O)c(Sc3ncn[nH]3)c2)c1C. The number of hydrogen-bond acceptors (Lipinski definition) is 6. The lowest BCUT2D eigenvalue weighted by molar-refractivity contribution is 0.462. The van der Waals surface area contributed by atoms with Crippen LogP contribution >= 0.6 is 11.8 Å². The van der Waals surface area contributed by atoms with Crippen LogP contribution in [0.1, 0.15) is 22.3 Å². The molecule has 0 spiro atoms. The molecule has 0 fully saturated rings. The van der Waals surface area contributed by atoms with Gasteiger partial charge in [-0.25, -0.2) is 13.4 Å². The number of rotatable bonds is 5. The predicted octanol–water partition coefficient (Wildman–Crippen LogP) is 3.70. The van der Waals surface area contributed by atoms with Crippen LogP contribution in [0.4, 0.5) is 5.69 Å². The number of hydrogen-bond donors (Lipinski definition) is 3. The number of nitrogens with one attached hydrogen (secondary N) is 2. The molecule has 9 heteroatoms. The largest absolute Gasteiger partial charge is 0.507 e. The maximum absolute atomic E-state index is 13.1. The number of aromatic nitrogens is 3. The number of aromatic amines is 1. The van der Waals surface area contributed by atoms with Gasteiger partial charge in [-0.1, -0.05) is 6.07 Å². The van der Waals surface area contributed by atoms with E-state index in [1.165, 1.54) is 18.5 Å². The third-order valence-electron chi connectivity index (χ3n) is 4.38. The number of phenols is 1. The zero-order chi connectivity index (χ0) is 19.8. The molecule has 0 saturated carbocycles. The summed E-state index contributed by atoms with van der Waals surface area (Å²) in [6.07, 6.45) is 1.36. The van der Waals surface area contributed by atoms with Gasteiger partial charge in [-0.2, -0.15) is 5.10 Å². The van der Waals surface area contributed by atoms with Crippen LogP contribution in [0.15, 0.2) is 45.5 Å². The maximum atomic E-state index is 13.1. The van der Waals surface area contributed by atoms with Crippen LogP contribution < -0.4 is 4.72 Å². The van der Waals surface area contributed by atoms with Crippen molar-refractivity contribution in [1.29, 1.82) is 0 Å². The van der Waals surface area contributed by atoms with Gasteiger partial charge in [0.15, 0.2) is 5.16 Å². The number of H-pyrrole nitrogens is 1. The third kappa shape index (κ3) is 3.93. The minimum absolute atomic E-state index is 0.0260. The van der Waals surface area contributed by atoms with Crippen molar-refractivity contribution in [2.45, 2.75) is 42.6 Å². The molecule has 0 atom stereocenters. The summed E-state index contributed by atoms with van der Waals surface area (Å²) in [4.78, 5) is 4.74. The summed E-state index contributed by atoms with van der Waals surface area (Å²) in [5, 5.41) is 17.0. The van der Waals surface area contributed by atoms with Crippen molar-refractivity contribution in [2.24, 2.45) is 0 Å². The van der Waals surface area contributed by atoms with Crippen LogP contribution in [0, 0.1) is 27.7 Å². The van der Waals surface area contributed by atoms with Gasteiger partial charge in [0.05, 0.1) is 15.5 Å². The topological polar surface area (TPSA) is 108 Å². The molecule has 0 amide bonds. The zero-order valence-corrected chi connectivity index (χ0v) is 17.0. The second-order valence-electron chi connectivity index (χ2n) is 6.27. The van der Waals surface area contributed by atoms with E-state index in [2.05, 4.69) is 19.9 Å². The number of sulfonamides is 1. The highest BCUT2D eigenvalue weighted by Crippen LogP contribution is 2.35. The number of anilines is 1. The Morgan fingerprint density at radius 1 is 1.07 bits per heavy atom. The summed E-state index contributed by atoms with van der Waals surface area (Å²) < 4.78 is 28.7. The van der Waals surface area contributed by atoms with E-state index in [1.807, 2.05) is 19.9 Å². The minimum atomic E-state index is -3.79. The first-order valence-corrected chi connectivity index (χ1v) is 10.5. The molecule has 3 rings (SSSR count). The van der Waals surface area contributed by atoms with Gasteiger partial charge in [-0.05, 0) is 79.9 Å². The number of nitrogens with zero attached hydrogens (tertiary/aromatic N) is 2. The first-order chi connectivity index (χ1) is 12.7. The Kier molecular flexibility index (Phi) is 5.16. The van der Waals surface area contributed by atoms with Gasteiger partial charge in [0.2, 0.25) is 0 Å². The predicted molar refractivity (Wildman–Crippen MR) is 105 cm³/mol. The second-order valence-corrected chi connectivity index (χ2v) is 8.92. The van der Waals surface area contributed by atoms with Crippen molar-refractivity contribution in [3.05, 3.63) is 52.8 Å². The maximum Gasteiger partial charge on any atom is 0.262 e. The molecule has 0 aliphatic heterocycles. The Hall–Kier alpha value is -2.52. The van der Waals surface area contributed by atoms with Crippen molar-refractivity contribution in [1.82, 2.24) is 15.2 Å². The molecule has 0 aliphatic rings. The molecule has 0 radical (unpaired) electrons. The second kappa shape index (κ2) is 7.24. The Labute approximate surface area is 162 Å². The lowest BCUT2D eigenvalue weighted by atomic mass is 10.0. The van der Waals surface area contributed by atoms with Crippen molar-refractivity contribution in [3.8, 4) is 5.75 Å². The zero-order valence-electron chi connectivity index (χ0n) is 15.4. The molecule has 0 aliphatic carbocycles. The van der Waals surface area contributed by atoms with Crippen LogP contribution in [0.25, 0.3) is 0 Å². The normalized spacial score (nSPS) is 11.6. The molecule has 3 aromatic rings. The molecule has 0 bridgehead atoms. The molecule has 1 heterocycles. The number of phenolic OH excluding ortho intramolecular Hbond substituents is 1. The van der Waals surface area contributed by atoms with Crippen molar-refractivity contribution < 1.29 is 13.5 Å². The molecule has 2 aromatic carbocycles. The van der Waals surface area contributed by atoms with Crippen molar-refractivity contribution in [2.75, 3.05) is 4.72 Å². The van der Waals surface area contributed by atoms with E-state index in [-0.39, 0.29) is 10.6 Å². The lowest BCUT2D eigenvalue weighted by Gasteiger charge is -2.17. The van der Waals surface area contributed by atoms with Gasteiger partial charge < -0.3 is 5.11 Å². The number of aromatic hydroxyl groups is 1. The van der Waals surface area contributed by atoms with E-state index in [0.29, 0.717) is 15.7 Å². The van der Waals surface area contributed by atoms with Crippen LogP contribution in [-0.4, -0.2) is 28.7 Å². The molecule has 0 unspecified atom stereocenters. The molecule has 142 valence electrons. The summed E-state index contributed by atoms with van der Waals surface area (Å²) in [7, 11) is -3.79. The van der Waals surface area contributed by atoms with Gasteiger partial charge in [0.25, 0.3) is 10.0 Å². The molecule has 0 saturated heterocycles. The highest BCUT2D eigenvalue weighted by molar-refractivity contribution is 7.99. The molecule has 3 N–H and O–H groups in total. The lowest BCUT2D eigenvalue weighted by Crippen LogP contribution is -2.17. The van der Waals surface area contributed by atoms with Crippen molar-refractivity contribution >= 4 is 27.5 Å². The fourth-order valence-corrected chi connectivity index (χ4v) is 5.23. The fourth-order valence-electron chi connectivity index (χ4n) is 2.80. The first kappa shape index (κ1) is 19.2. The van der Waals surface area contributed by atoms with Gasteiger partial charge in [-0.15, -0.1) is 0 Å². The fraction of sp³-hybridized carbons (Fsp3) is 0.222. The summed E-state index contributed by atoms with van der Waals surface area (Å²) in [5.74, 6) is 0.0260. The van der Waals surface area contributed by atoms with E-state index in [0.717, 1.165) is 34.0 Å². The van der Waals surface area contributed by atoms with Crippen LogP contribution in [-0.2, 0) is 10.0 Å². The Balaban J connectivity index is 1.98. The monoisotopic (exact) mass is 404 g/mol. The van der Waals surface area contributed by atoms with E-state index < -0.39 is 10.0 Å². The van der Waals surface area contributed by atoms with E-state index in [9.17, 15) is 13.5 Å². The first-order valence-electron chi connectivity index (χ1n) is 8.15. The van der Waals surface area contributed by atoms with Gasteiger partial charge in [0, 0.05) is 0 Å². The Morgan fingerprint density at radius 2 is 1.74 bits per heavy atom. The van der Waals surface area contributed by atoms with Gasteiger partial charge in [-0.3, -0.25) is 9.82 Å². The van der Waals surface area contributed by atoms with Crippen LogP contribution in [0.2, 0.25) is 0 Å². The standard InChI is InChI=1S/C18H20N4O3S2/c1-10-7-11(2)13(4)17(12(10)3)27(24,25)22-14-5-6-15(23)16(8-14)26-18-19-9-20-21-18/h5-9,22-23H,1-4H3,(H,19,20,21). The Bertz CT molecular complexity index is 1070. The number of benzene rings is 2. The average molecular weight is 405 g/mol. The molecular weight excluding hydrogens is 384 g/mol.